The molecule has 2 N–H and O–H groups in total. The van der Waals surface area contributed by atoms with Gasteiger partial charge in [-0.3, -0.25) is 5.10 Å². The lowest BCUT2D eigenvalue weighted by Gasteiger charge is -2.08. The normalized spacial score (nSPS) is 11.1. The summed E-state index contributed by atoms with van der Waals surface area (Å²) in [5.41, 5.74) is 4.83. The Morgan fingerprint density at radius 3 is 2.71 bits per heavy atom. The number of rotatable bonds is 4. The molecule has 4 aromatic heterocycles. The van der Waals surface area contributed by atoms with Crippen molar-refractivity contribution in [2.75, 3.05) is 5.32 Å². The molecule has 152 valence electrons. The van der Waals surface area contributed by atoms with E-state index in [9.17, 15) is 8.78 Å². The van der Waals surface area contributed by atoms with Crippen LogP contribution in [-0.4, -0.2) is 35.1 Å². The second-order valence-electron chi connectivity index (χ2n) is 6.76. The van der Waals surface area contributed by atoms with E-state index in [1.807, 2.05) is 31.2 Å². The lowest BCUT2D eigenvalue weighted by molar-refractivity contribution is 0.576. The first-order valence-corrected chi connectivity index (χ1v) is 9.25. The molecular formula is C21H14F2N8. The summed E-state index contributed by atoms with van der Waals surface area (Å²) in [6.45, 7) is 1.99. The maximum atomic E-state index is 13.8. The molecule has 0 amide bonds. The van der Waals surface area contributed by atoms with E-state index in [2.05, 4.69) is 40.4 Å². The van der Waals surface area contributed by atoms with Gasteiger partial charge in [0.05, 0.1) is 23.0 Å². The monoisotopic (exact) mass is 416 g/mol. The highest BCUT2D eigenvalue weighted by Crippen LogP contribution is 2.31. The number of aromatic amines is 1. The van der Waals surface area contributed by atoms with E-state index in [1.165, 1.54) is 6.33 Å². The summed E-state index contributed by atoms with van der Waals surface area (Å²) in [6, 6.07) is 8.56. The molecule has 31 heavy (non-hydrogen) atoms. The molecule has 0 aliphatic carbocycles. The van der Waals surface area contributed by atoms with Gasteiger partial charge in [0.2, 0.25) is 5.95 Å². The summed E-state index contributed by atoms with van der Waals surface area (Å²) in [6.07, 6.45) is 5.68. The largest absolute Gasteiger partial charge is 0.306 e. The Labute approximate surface area is 174 Å². The molecular weight excluding hydrogens is 402 g/mol. The minimum Gasteiger partial charge on any atom is -0.306 e. The van der Waals surface area contributed by atoms with Gasteiger partial charge >= 0.3 is 0 Å². The highest BCUT2D eigenvalue weighted by molar-refractivity contribution is 5.92. The van der Waals surface area contributed by atoms with Crippen LogP contribution in [0, 0.1) is 18.6 Å². The summed E-state index contributed by atoms with van der Waals surface area (Å²) in [7, 11) is 0. The average Bonchev–Trinajstić information content (AvgIpc) is 3.20. The molecule has 10 heteroatoms. The Balaban J connectivity index is 1.52. The van der Waals surface area contributed by atoms with E-state index in [1.54, 1.807) is 12.4 Å². The second kappa shape index (κ2) is 7.48. The first-order valence-electron chi connectivity index (χ1n) is 9.25. The van der Waals surface area contributed by atoms with E-state index in [0.29, 0.717) is 11.0 Å². The van der Waals surface area contributed by atoms with Gasteiger partial charge in [0.15, 0.2) is 17.3 Å². The van der Waals surface area contributed by atoms with E-state index in [4.69, 9.17) is 0 Å². The zero-order valence-electron chi connectivity index (χ0n) is 16.1. The van der Waals surface area contributed by atoms with Crippen molar-refractivity contribution in [2.45, 2.75) is 6.92 Å². The number of nitrogens with one attached hydrogen (secondary N) is 2. The summed E-state index contributed by atoms with van der Waals surface area (Å²) < 4.78 is 26.9. The Kier molecular flexibility index (Phi) is 4.51. The van der Waals surface area contributed by atoms with Crippen molar-refractivity contribution >= 4 is 22.8 Å². The summed E-state index contributed by atoms with van der Waals surface area (Å²) >= 11 is 0. The summed E-state index contributed by atoms with van der Waals surface area (Å²) in [5, 5.41) is 10.6. The zero-order chi connectivity index (χ0) is 21.4. The molecule has 1 aromatic carbocycles. The highest BCUT2D eigenvalue weighted by atomic mass is 19.1. The second-order valence-corrected chi connectivity index (χ2v) is 6.76. The number of hydrogen-bond donors (Lipinski definition) is 2. The quantitative estimate of drug-likeness (QED) is 0.452. The first-order chi connectivity index (χ1) is 15.1. The van der Waals surface area contributed by atoms with Gasteiger partial charge in [-0.25, -0.2) is 28.7 Å². The number of pyridine rings is 1. The van der Waals surface area contributed by atoms with E-state index in [-0.39, 0.29) is 11.8 Å². The highest BCUT2D eigenvalue weighted by Gasteiger charge is 2.15. The van der Waals surface area contributed by atoms with Crippen LogP contribution < -0.4 is 5.32 Å². The van der Waals surface area contributed by atoms with Crippen LogP contribution in [0.5, 0.6) is 0 Å². The van der Waals surface area contributed by atoms with Gasteiger partial charge in [-0.05, 0) is 24.6 Å². The topological polar surface area (TPSA) is 105 Å². The van der Waals surface area contributed by atoms with Crippen molar-refractivity contribution < 1.29 is 8.78 Å². The Morgan fingerprint density at radius 1 is 1.00 bits per heavy atom. The predicted octanol–water partition coefficient (Wildman–Crippen LogP) is 4.20. The number of aryl methyl sites for hydroxylation is 1. The predicted molar refractivity (Wildman–Crippen MR) is 110 cm³/mol. The van der Waals surface area contributed by atoms with Crippen molar-refractivity contribution in [3.05, 3.63) is 72.4 Å². The number of halogens is 2. The average molecular weight is 416 g/mol. The molecule has 5 aromatic rings. The third kappa shape index (κ3) is 3.54. The van der Waals surface area contributed by atoms with Crippen LogP contribution in [0.2, 0.25) is 0 Å². The van der Waals surface area contributed by atoms with Crippen LogP contribution in [0.3, 0.4) is 0 Å². The van der Waals surface area contributed by atoms with Crippen molar-refractivity contribution in [1.29, 1.82) is 0 Å². The maximum Gasteiger partial charge on any atom is 0.230 e. The Morgan fingerprint density at radius 2 is 1.90 bits per heavy atom. The molecule has 0 fully saturated rings. The molecule has 0 spiro atoms. The molecule has 0 saturated carbocycles. The fourth-order valence-corrected chi connectivity index (χ4v) is 3.19. The molecule has 0 bridgehead atoms. The van der Waals surface area contributed by atoms with E-state index >= 15 is 0 Å². The number of anilines is 2. The number of nitrogens with zero attached hydrogens (tertiary/aromatic N) is 6. The molecule has 0 radical (unpaired) electrons. The lowest BCUT2D eigenvalue weighted by Crippen LogP contribution is -2.01. The summed E-state index contributed by atoms with van der Waals surface area (Å²) in [4.78, 5) is 20.5. The number of benzene rings is 1. The van der Waals surface area contributed by atoms with Gasteiger partial charge in [0.1, 0.15) is 12.1 Å². The number of hydrogen-bond acceptors (Lipinski definition) is 7. The minimum absolute atomic E-state index is 0.0926. The molecule has 0 saturated heterocycles. The SMILES string of the molecule is Cc1ccc(-c2ccncn2)cc1-c1[nH]nc2nc(Nc3ncc(F)cc3F)ncc12. The van der Waals surface area contributed by atoms with Gasteiger partial charge in [-0.1, -0.05) is 12.1 Å². The van der Waals surface area contributed by atoms with Crippen LogP contribution >= 0.6 is 0 Å². The van der Waals surface area contributed by atoms with E-state index in [0.717, 1.165) is 40.3 Å². The van der Waals surface area contributed by atoms with Gasteiger partial charge in [-0.15, -0.1) is 0 Å². The van der Waals surface area contributed by atoms with Crippen molar-refractivity contribution in [3.63, 3.8) is 0 Å². The van der Waals surface area contributed by atoms with Gasteiger partial charge < -0.3 is 5.32 Å². The fraction of sp³-hybridized carbons (Fsp3) is 0.0476. The van der Waals surface area contributed by atoms with Crippen LogP contribution in [0.4, 0.5) is 20.5 Å². The number of fused-ring (bicyclic) bond motifs is 1. The Hall–Kier alpha value is -4.34. The minimum atomic E-state index is -0.844. The third-order valence-corrected chi connectivity index (χ3v) is 4.73. The van der Waals surface area contributed by atoms with Crippen LogP contribution in [-0.2, 0) is 0 Å². The van der Waals surface area contributed by atoms with Crippen LogP contribution in [0.15, 0.2) is 55.2 Å². The third-order valence-electron chi connectivity index (χ3n) is 4.73. The molecule has 4 heterocycles. The first kappa shape index (κ1) is 18.7. The Bertz CT molecular complexity index is 1400. The van der Waals surface area contributed by atoms with Crippen LogP contribution in [0.25, 0.3) is 33.5 Å². The summed E-state index contributed by atoms with van der Waals surface area (Å²) in [5.74, 6) is -1.69. The maximum absolute atomic E-state index is 13.8. The smallest absolute Gasteiger partial charge is 0.230 e. The van der Waals surface area contributed by atoms with Crippen molar-refractivity contribution in [1.82, 2.24) is 35.1 Å². The molecule has 0 atom stereocenters. The van der Waals surface area contributed by atoms with Crippen molar-refractivity contribution in [3.8, 4) is 22.5 Å². The molecule has 5 rings (SSSR count). The molecule has 8 nitrogen and oxygen atoms in total. The molecule has 0 aliphatic rings. The molecule has 0 unspecified atom stereocenters. The van der Waals surface area contributed by atoms with Gasteiger partial charge in [-0.2, -0.15) is 10.1 Å². The van der Waals surface area contributed by atoms with Gasteiger partial charge in [0.25, 0.3) is 0 Å². The molecule has 0 aliphatic heterocycles. The standard InChI is InChI=1S/C21H14F2N8/c1-11-2-3-12(17-4-5-24-10-27-17)6-14(11)18-15-9-26-21(28-19(15)31-30-18)29-20-16(23)7-13(22)8-25-20/h2-10H,1H3,(H2,25,26,28,29,30,31). The van der Waals surface area contributed by atoms with Crippen molar-refractivity contribution in [2.24, 2.45) is 0 Å². The van der Waals surface area contributed by atoms with Crippen LogP contribution in [0.1, 0.15) is 5.56 Å². The number of H-pyrrole nitrogens is 1. The van der Waals surface area contributed by atoms with Gasteiger partial charge in [0, 0.05) is 29.6 Å². The zero-order valence-corrected chi connectivity index (χ0v) is 16.1. The lowest BCUT2D eigenvalue weighted by atomic mass is 9.99. The number of aromatic nitrogens is 7. The fourth-order valence-electron chi connectivity index (χ4n) is 3.19. The van der Waals surface area contributed by atoms with E-state index < -0.39 is 11.6 Å².